The highest BCUT2D eigenvalue weighted by Gasteiger charge is 2.57. The van der Waals surface area contributed by atoms with Gasteiger partial charge in [0.15, 0.2) is 0 Å². The molecule has 0 saturated heterocycles. The summed E-state index contributed by atoms with van der Waals surface area (Å²) in [5.74, 6) is 0. The topological polar surface area (TPSA) is 0 Å². The van der Waals surface area contributed by atoms with Gasteiger partial charge in [0.25, 0.3) is 0 Å². The molecule has 0 heteroatoms. The van der Waals surface area contributed by atoms with Gasteiger partial charge in [-0.25, -0.2) is 0 Å². The third kappa shape index (κ3) is 0.735. The van der Waals surface area contributed by atoms with Crippen LogP contribution in [0.25, 0.3) is 0 Å². The summed E-state index contributed by atoms with van der Waals surface area (Å²) >= 11 is 0. The van der Waals surface area contributed by atoms with Crippen molar-refractivity contribution < 1.29 is 0 Å². The Balaban J connectivity index is 1.94. The second-order valence-electron chi connectivity index (χ2n) is 3.21. The maximum Gasteiger partial charge on any atom is -0.00497 e. The van der Waals surface area contributed by atoms with Crippen LogP contribution in [0.2, 0.25) is 0 Å². The van der Waals surface area contributed by atoms with E-state index in [4.69, 9.17) is 0 Å². The van der Waals surface area contributed by atoms with Gasteiger partial charge in [-0.1, -0.05) is 17.7 Å². The molecular formula is C9H12. The Hall–Kier alpha value is -0.520. The maximum absolute atomic E-state index is 3.68. The fourth-order valence-electron chi connectivity index (χ4n) is 1.48. The molecule has 2 saturated carbocycles. The van der Waals surface area contributed by atoms with Crippen molar-refractivity contribution in [3.8, 4) is 0 Å². The Labute approximate surface area is 56.3 Å². The van der Waals surface area contributed by atoms with Crippen molar-refractivity contribution in [2.24, 2.45) is 5.41 Å². The summed E-state index contributed by atoms with van der Waals surface area (Å²) in [6.07, 6.45) is 9.74. The van der Waals surface area contributed by atoms with E-state index in [0.29, 0.717) is 0 Å². The Kier molecular flexibility index (Phi) is 0.879. The molecule has 0 aliphatic heterocycles. The van der Waals surface area contributed by atoms with Crippen LogP contribution in [0.3, 0.4) is 0 Å². The molecule has 2 aliphatic rings. The summed E-state index contributed by atoms with van der Waals surface area (Å²) in [5.41, 5.74) is 2.49. The molecule has 0 N–H and O–H groups in total. The Morgan fingerprint density at radius 2 is 2.33 bits per heavy atom. The van der Waals surface area contributed by atoms with Crippen LogP contribution >= 0.6 is 0 Å². The highest BCUT2D eigenvalue weighted by atomic mass is 14.6. The quantitative estimate of drug-likeness (QED) is 0.491. The summed E-state index contributed by atoms with van der Waals surface area (Å²) in [4.78, 5) is 0. The molecule has 48 valence electrons. The molecule has 0 atom stereocenters. The molecule has 0 amide bonds. The summed E-state index contributed by atoms with van der Waals surface area (Å²) in [6, 6.07) is 0. The first-order valence-electron chi connectivity index (χ1n) is 3.68. The molecule has 2 rings (SSSR count). The van der Waals surface area contributed by atoms with Crippen molar-refractivity contribution >= 4 is 0 Å². The van der Waals surface area contributed by atoms with Crippen LogP contribution in [0.1, 0.15) is 25.7 Å². The monoisotopic (exact) mass is 120 g/mol. The first-order chi connectivity index (χ1) is 4.37. The Morgan fingerprint density at radius 1 is 1.56 bits per heavy atom. The highest BCUT2D eigenvalue weighted by Crippen LogP contribution is 2.70. The van der Waals surface area contributed by atoms with E-state index >= 15 is 0 Å². The highest BCUT2D eigenvalue weighted by molar-refractivity contribution is 5.39. The average molecular weight is 120 g/mol. The number of allylic oxidation sites excluding steroid dienone is 3. The maximum atomic E-state index is 3.68. The molecule has 2 fully saturated rings. The number of rotatable bonds is 2. The Bertz CT molecular complexity index is 170. The van der Waals surface area contributed by atoms with Crippen LogP contribution in [-0.2, 0) is 0 Å². The summed E-state index contributed by atoms with van der Waals surface area (Å²) in [6.45, 7) is 3.68. The van der Waals surface area contributed by atoms with Gasteiger partial charge in [0, 0.05) is 0 Å². The lowest BCUT2D eigenvalue weighted by Gasteiger charge is -1.76. The first-order valence-corrected chi connectivity index (χ1v) is 3.68. The van der Waals surface area contributed by atoms with E-state index in [1.165, 1.54) is 19.3 Å². The van der Waals surface area contributed by atoms with Crippen LogP contribution in [0.15, 0.2) is 24.3 Å². The second kappa shape index (κ2) is 1.50. The van der Waals surface area contributed by atoms with E-state index in [1.807, 2.05) is 6.08 Å². The van der Waals surface area contributed by atoms with E-state index in [9.17, 15) is 0 Å². The molecule has 0 aromatic carbocycles. The number of hydrogen-bond donors (Lipinski definition) is 0. The molecule has 0 aromatic heterocycles. The molecule has 0 aromatic rings. The van der Waals surface area contributed by atoms with Crippen molar-refractivity contribution in [2.75, 3.05) is 0 Å². The normalized spacial score (nSPS) is 30.9. The van der Waals surface area contributed by atoms with Gasteiger partial charge in [-0.3, -0.25) is 0 Å². The van der Waals surface area contributed by atoms with Gasteiger partial charge in [-0.05, 0) is 31.1 Å². The largest absolute Gasteiger partial charge is 0.103 e. The zero-order valence-corrected chi connectivity index (χ0v) is 5.69. The summed E-state index contributed by atoms with van der Waals surface area (Å²) < 4.78 is 0. The van der Waals surface area contributed by atoms with Crippen LogP contribution < -0.4 is 0 Å². The van der Waals surface area contributed by atoms with Crippen molar-refractivity contribution in [3.63, 3.8) is 0 Å². The van der Waals surface area contributed by atoms with Gasteiger partial charge in [0.05, 0.1) is 0 Å². The second-order valence-corrected chi connectivity index (χ2v) is 3.21. The van der Waals surface area contributed by atoms with E-state index in [1.54, 1.807) is 5.57 Å². The fraction of sp³-hybridized carbons (Fsp3) is 0.556. The van der Waals surface area contributed by atoms with Crippen molar-refractivity contribution in [2.45, 2.75) is 25.7 Å². The number of hydrogen-bond acceptors (Lipinski definition) is 0. The van der Waals surface area contributed by atoms with Crippen LogP contribution in [0.5, 0.6) is 0 Å². The molecular weight excluding hydrogens is 108 g/mol. The van der Waals surface area contributed by atoms with E-state index in [2.05, 4.69) is 12.7 Å². The molecule has 0 radical (unpaired) electrons. The van der Waals surface area contributed by atoms with Gasteiger partial charge in [-0.2, -0.15) is 0 Å². The minimum atomic E-state index is 0.781. The van der Waals surface area contributed by atoms with Crippen molar-refractivity contribution in [1.29, 1.82) is 0 Å². The van der Waals surface area contributed by atoms with E-state index < -0.39 is 0 Å². The smallest absolute Gasteiger partial charge is 0.00497 e. The molecule has 2 aliphatic carbocycles. The third-order valence-electron chi connectivity index (χ3n) is 2.47. The predicted molar refractivity (Wildman–Crippen MR) is 39.2 cm³/mol. The molecule has 0 unspecified atom stereocenters. The van der Waals surface area contributed by atoms with Crippen molar-refractivity contribution in [3.05, 3.63) is 24.3 Å². The first kappa shape index (κ1) is 5.28. The van der Waals surface area contributed by atoms with E-state index in [-0.39, 0.29) is 0 Å². The van der Waals surface area contributed by atoms with Crippen LogP contribution in [0, 0.1) is 5.41 Å². The zero-order valence-electron chi connectivity index (χ0n) is 5.69. The van der Waals surface area contributed by atoms with Gasteiger partial charge < -0.3 is 0 Å². The van der Waals surface area contributed by atoms with Crippen LogP contribution in [-0.4, -0.2) is 0 Å². The lowest BCUT2D eigenvalue weighted by atomic mass is 10.3. The lowest BCUT2D eigenvalue weighted by molar-refractivity contribution is 0.937. The fourth-order valence-corrected chi connectivity index (χ4v) is 1.48. The molecule has 0 nitrogen and oxygen atoms in total. The third-order valence-corrected chi connectivity index (χ3v) is 2.47. The minimum absolute atomic E-state index is 0.781. The summed E-state index contributed by atoms with van der Waals surface area (Å²) in [5, 5.41) is 0. The molecule has 1 spiro atoms. The van der Waals surface area contributed by atoms with Gasteiger partial charge in [0.2, 0.25) is 0 Å². The Morgan fingerprint density at radius 3 is 2.78 bits per heavy atom. The SMILES string of the molecule is C=CC/C=C1/CC12CC2. The minimum Gasteiger partial charge on any atom is -0.103 e. The zero-order chi connectivity index (χ0) is 6.32. The summed E-state index contributed by atoms with van der Waals surface area (Å²) in [7, 11) is 0. The van der Waals surface area contributed by atoms with Gasteiger partial charge >= 0.3 is 0 Å². The van der Waals surface area contributed by atoms with Gasteiger partial charge in [0.1, 0.15) is 0 Å². The molecule has 0 bridgehead atoms. The van der Waals surface area contributed by atoms with Gasteiger partial charge in [-0.15, -0.1) is 6.58 Å². The standard InChI is InChI=1S/C9H12/c1-2-3-4-8-7-9(8)5-6-9/h2,4H,1,3,5-7H2/b8-4-. The van der Waals surface area contributed by atoms with Crippen LogP contribution in [0.4, 0.5) is 0 Å². The van der Waals surface area contributed by atoms with Crippen molar-refractivity contribution in [1.82, 2.24) is 0 Å². The predicted octanol–water partition coefficient (Wildman–Crippen LogP) is 2.67. The lowest BCUT2D eigenvalue weighted by Crippen LogP contribution is -1.61. The average Bonchev–Trinajstić information content (AvgIpc) is 2.72. The van der Waals surface area contributed by atoms with E-state index in [0.717, 1.165) is 11.8 Å². The molecule has 0 heterocycles. The molecule has 9 heavy (non-hydrogen) atoms.